The normalized spacial score (nSPS) is 17.5. The molecular weight excluding hydrogens is 486 g/mol. The number of hydrogen-bond donors (Lipinski definition) is 0. The molecule has 2 heterocycles. The Labute approximate surface area is 221 Å². The minimum absolute atomic E-state index is 0.200. The van der Waals surface area contributed by atoms with Gasteiger partial charge in [-0.05, 0) is 73.0 Å². The molecule has 0 bridgehead atoms. The molecule has 0 unspecified atom stereocenters. The molecule has 11 nitrogen and oxygen atoms in total. The number of nitrogens with zero attached hydrogens (tertiary/aromatic N) is 7. The molecule has 0 aromatic carbocycles. The lowest BCUT2D eigenvalue weighted by Crippen LogP contribution is -2.50. The topological polar surface area (TPSA) is 114 Å². The lowest BCUT2D eigenvalue weighted by Gasteiger charge is -2.35. The van der Waals surface area contributed by atoms with Crippen molar-refractivity contribution in [3.05, 3.63) is 10.4 Å². The third kappa shape index (κ3) is 14.6. The molecule has 0 radical (unpaired) electrons. The number of piperazine rings is 2. The number of carbonyl (C=O) groups is 2. The Hall–Kier alpha value is -1.94. The number of carbonyl (C=O) groups excluding carboxylic acids is 2. The van der Waals surface area contributed by atoms with Crippen LogP contribution in [-0.2, 0) is 9.47 Å². The number of alkyl halides is 1. The van der Waals surface area contributed by atoms with Crippen LogP contribution in [0.3, 0.4) is 0 Å². The van der Waals surface area contributed by atoms with Gasteiger partial charge in [0.2, 0.25) is 0 Å². The summed E-state index contributed by atoms with van der Waals surface area (Å²) in [6.45, 7) is 20.1. The fraction of sp³-hybridized carbons (Fsp3) is 0.917. The molecule has 2 fully saturated rings. The van der Waals surface area contributed by atoms with E-state index in [1.165, 1.54) is 0 Å². The first-order valence-electron chi connectivity index (χ1n) is 12.8. The number of rotatable bonds is 7. The van der Waals surface area contributed by atoms with Crippen LogP contribution in [0.4, 0.5) is 9.59 Å². The summed E-state index contributed by atoms with van der Waals surface area (Å²) in [5.74, 6) is 0.701. The average molecular weight is 532 g/mol. The fourth-order valence-electron chi connectivity index (χ4n) is 3.65. The van der Waals surface area contributed by atoms with Crippen LogP contribution in [0.2, 0.25) is 0 Å². The largest absolute Gasteiger partial charge is 0.444 e. The third-order valence-electron chi connectivity index (χ3n) is 5.45. The van der Waals surface area contributed by atoms with Gasteiger partial charge < -0.3 is 19.3 Å². The molecule has 0 aliphatic carbocycles. The van der Waals surface area contributed by atoms with Crippen LogP contribution in [0.25, 0.3) is 10.4 Å². The zero-order valence-electron chi connectivity index (χ0n) is 23.0. The van der Waals surface area contributed by atoms with E-state index in [9.17, 15) is 9.59 Å². The van der Waals surface area contributed by atoms with Gasteiger partial charge in [0.05, 0.1) is 0 Å². The van der Waals surface area contributed by atoms with E-state index in [0.29, 0.717) is 25.5 Å². The van der Waals surface area contributed by atoms with Gasteiger partial charge >= 0.3 is 12.2 Å². The summed E-state index contributed by atoms with van der Waals surface area (Å²) in [5, 5.41) is 3.51. The number of hydrogen-bond acceptors (Lipinski definition) is 7. The van der Waals surface area contributed by atoms with E-state index in [1.54, 1.807) is 9.80 Å². The average Bonchev–Trinajstić information content (AvgIpc) is 2.79. The number of halogens is 1. The van der Waals surface area contributed by atoms with Crippen molar-refractivity contribution in [1.82, 2.24) is 19.6 Å². The van der Waals surface area contributed by atoms with Gasteiger partial charge in [-0.25, -0.2) is 9.59 Å². The number of ether oxygens (including phenoxy) is 2. The summed E-state index contributed by atoms with van der Waals surface area (Å²) in [6.07, 6.45) is 1.43. The lowest BCUT2D eigenvalue weighted by molar-refractivity contribution is 0.0136. The molecule has 12 heteroatoms. The van der Waals surface area contributed by atoms with Gasteiger partial charge in [-0.15, -0.1) is 11.6 Å². The summed E-state index contributed by atoms with van der Waals surface area (Å²) in [7, 11) is 0. The van der Waals surface area contributed by atoms with Gasteiger partial charge in [-0.1, -0.05) is 5.11 Å². The predicted octanol–water partition coefficient (Wildman–Crippen LogP) is 4.41. The molecule has 0 spiro atoms. The monoisotopic (exact) mass is 531 g/mol. The van der Waals surface area contributed by atoms with E-state index in [0.717, 1.165) is 65.2 Å². The first-order valence-corrected chi connectivity index (χ1v) is 13.4. The second kappa shape index (κ2) is 16.0. The Morgan fingerprint density at radius 1 is 0.778 bits per heavy atom. The maximum Gasteiger partial charge on any atom is 0.410 e. The van der Waals surface area contributed by atoms with Gasteiger partial charge in [0, 0.05) is 69.7 Å². The minimum Gasteiger partial charge on any atom is -0.444 e. The molecule has 36 heavy (non-hydrogen) atoms. The van der Waals surface area contributed by atoms with Crippen molar-refractivity contribution in [2.75, 3.05) is 77.9 Å². The smallest absolute Gasteiger partial charge is 0.410 e. The van der Waals surface area contributed by atoms with Crippen molar-refractivity contribution in [3.63, 3.8) is 0 Å². The quantitative estimate of drug-likeness (QED) is 0.158. The van der Waals surface area contributed by atoms with Gasteiger partial charge in [-0.3, -0.25) is 9.80 Å². The molecule has 2 aliphatic heterocycles. The summed E-state index contributed by atoms with van der Waals surface area (Å²) in [5.41, 5.74) is 7.33. The molecule has 208 valence electrons. The Morgan fingerprint density at radius 2 is 1.17 bits per heavy atom. The number of azide groups is 1. The Morgan fingerprint density at radius 3 is 1.50 bits per heavy atom. The lowest BCUT2D eigenvalue weighted by atomic mass is 10.2. The molecule has 0 N–H and O–H groups in total. The van der Waals surface area contributed by atoms with Crippen LogP contribution in [-0.4, -0.2) is 121 Å². The summed E-state index contributed by atoms with van der Waals surface area (Å²) < 4.78 is 10.7. The van der Waals surface area contributed by atoms with E-state index < -0.39 is 11.2 Å². The third-order valence-corrected chi connectivity index (χ3v) is 5.72. The van der Waals surface area contributed by atoms with Crippen LogP contribution < -0.4 is 0 Å². The highest BCUT2D eigenvalue weighted by Gasteiger charge is 2.26. The molecule has 0 aromatic rings. The van der Waals surface area contributed by atoms with E-state index in [2.05, 4.69) is 19.8 Å². The van der Waals surface area contributed by atoms with Crippen molar-refractivity contribution >= 4 is 23.8 Å². The summed E-state index contributed by atoms with van der Waals surface area (Å²) in [4.78, 5) is 34.5. The molecule has 0 aromatic heterocycles. The Balaban J connectivity index is 0.000000362. The van der Waals surface area contributed by atoms with Crippen molar-refractivity contribution in [1.29, 1.82) is 0 Å². The van der Waals surface area contributed by atoms with Crippen LogP contribution >= 0.6 is 11.6 Å². The van der Waals surface area contributed by atoms with Crippen LogP contribution in [0.1, 0.15) is 54.4 Å². The Kier molecular flexibility index (Phi) is 14.3. The zero-order chi connectivity index (χ0) is 27.2. The first kappa shape index (κ1) is 32.1. The molecule has 2 amide bonds. The fourth-order valence-corrected chi connectivity index (χ4v) is 3.77. The highest BCUT2D eigenvalue weighted by Crippen LogP contribution is 2.13. The first-order chi connectivity index (χ1) is 16.8. The van der Waals surface area contributed by atoms with Crippen molar-refractivity contribution < 1.29 is 19.1 Å². The van der Waals surface area contributed by atoms with Gasteiger partial charge in [0.25, 0.3) is 0 Å². The van der Waals surface area contributed by atoms with Gasteiger partial charge in [0.15, 0.2) is 0 Å². The second-order valence-corrected chi connectivity index (χ2v) is 11.3. The standard InChI is InChI=1S/C12H23ClN2O2.C12H23N5O2/c1-12(2,3)17-11(16)15-9-7-14(8-10-15)6-4-5-13;1-12(2,3)19-11(18)17-9-7-16(8-10-17)6-4-5-14-15-13/h4-10H2,1-3H3;4-10H2,1-3H3. The van der Waals surface area contributed by atoms with Crippen LogP contribution in [0.15, 0.2) is 5.11 Å². The van der Waals surface area contributed by atoms with Crippen molar-refractivity contribution in [2.45, 2.75) is 65.6 Å². The zero-order valence-corrected chi connectivity index (χ0v) is 23.8. The molecule has 0 saturated carbocycles. The molecule has 2 saturated heterocycles. The van der Waals surface area contributed by atoms with Crippen LogP contribution in [0, 0.1) is 0 Å². The predicted molar refractivity (Wildman–Crippen MR) is 142 cm³/mol. The second-order valence-electron chi connectivity index (χ2n) is 11.0. The van der Waals surface area contributed by atoms with E-state index in [-0.39, 0.29) is 12.2 Å². The summed E-state index contributed by atoms with van der Waals surface area (Å²) >= 11 is 5.66. The Bertz CT molecular complexity index is 704. The maximum absolute atomic E-state index is 11.8. The molecule has 0 atom stereocenters. The van der Waals surface area contributed by atoms with Crippen molar-refractivity contribution in [2.24, 2.45) is 5.11 Å². The minimum atomic E-state index is -0.441. The summed E-state index contributed by atoms with van der Waals surface area (Å²) in [6, 6.07) is 0. The van der Waals surface area contributed by atoms with Gasteiger partial charge in [-0.2, -0.15) is 0 Å². The van der Waals surface area contributed by atoms with Crippen LogP contribution in [0.5, 0.6) is 0 Å². The maximum atomic E-state index is 11.8. The molecular formula is C24H46ClN7O4. The van der Waals surface area contributed by atoms with E-state index >= 15 is 0 Å². The SMILES string of the molecule is CC(C)(C)OC(=O)N1CCN(CCCCl)CC1.CC(C)(C)OC(=O)N1CCN(CCCN=[N+]=[N-])CC1. The highest BCUT2D eigenvalue weighted by molar-refractivity contribution is 6.17. The number of amides is 2. The van der Waals surface area contributed by atoms with E-state index in [4.69, 9.17) is 26.6 Å². The highest BCUT2D eigenvalue weighted by atomic mass is 35.5. The van der Waals surface area contributed by atoms with Gasteiger partial charge in [0.1, 0.15) is 11.2 Å². The molecule has 2 aliphatic rings. The van der Waals surface area contributed by atoms with E-state index in [1.807, 2.05) is 41.5 Å². The van der Waals surface area contributed by atoms with Crippen molar-refractivity contribution in [3.8, 4) is 0 Å². The molecule has 2 rings (SSSR count).